The number of aliphatic imine (C=N–C) groups is 1. The molecule has 1 unspecified atom stereocenters. The molecule has 0 saturated heterocycles. The van der Waals surface area contributed by atoms with Gasteiger partial charge in [-0.2, -0.15) is 0 Å². The fourth-order valence-corrected chi connectivity index (χ4v) is 2.39. The van der Waals surface area contributed by atoms with E-state index >= 15 is 0 Å². The third-order valence-electron chi connectivity index (χ3n) is 3.87. The Balaban J connectivity index is 0.00000338. The second kappa shape index (κ2) is 10.9. The number of hydrogen-bond donors (Lipinski definition) is 3. The molecule has 0 aromatic heterocycles. The lowest BCUT2D eigenvalue weighted by molar-refractivity contribution is 0.182. The second-order valence-corrected chi connectivity index (χ2v) is 5.53. The highest BCUT2D eigenvalue weighted by Crippen LogP contribution is 2.29. The number of nitrogens with one attached hydrogen (secondary N) is 1. The average molecular weight is 471 g/mol. The van der Waals surface area contributed by atoms with Crippen LogP contribution < -0.4 is 20.5 Å². The van der Waals surface area contributed by atoms with Crippen LogP contribution in [0.1, 0.15) is 24.2 Å². The molecule has 2 aromatic rings. The Hall–Kier alpha value is -2.00. The standard InChI is InChI=1S/C19H25N3O3.HI/c1-4-13-5-7-14(8-6-13)22-19(20)21-12-17(23)16-11-15(24-2)9-10-18(16)25-3;/h5-11,17,23H,4,12H2,1-3H3,(H3,20,21,22);1H. The summed E-state index contributed by atoms with van der Waals surface area (Å²) in [6, 6.07) is 13.2. The molecule has 0 radical (unpaired) electrons. The zero-order valence-corrected chi connectivity index (χ0v) is 17.6. The molecule has 142 valence electrons. The van der Waals surface area contributed by atoms with E-state index in [2.05, 4.69) is 17.2 Å². The molecule has 1 atom stereocenters. The average Bonchev–Trinajstić information content (AvgIpc) is 2.66. The molecule has 0 saturated carbocycles. The van der Waals surface area contributed by atoms with E-state index in [1.807, 2.05) is 24.3 Å². The van der Waals surface area contributed by atoms with Crippen LogP contribution in [-0.2, 0) is 6.42 Å². The van der Waals surface area contributed by atoms with Crippen LogP contribution >= 0.6 is 24.0 Å². The third kappa shape index (κ3) is 6.06. The number of methoxy groups -OCH3 is 2. The summed E-state index contributed by atoms with van der Waals surface area (Å²) in [6.45, 7) is 2.21. The number of aliphatic hydroxyl groups is 1. The molecular formula is C19H26IN3O3. The fraction of sp³-hybridized carbons (Fsp3) is 0.316. The Bertz CT molecular complexity index is 720. The quantitative estimate of drug-likeness (QED) is 0.328. The lowest BCUT2D eigenvalue weighted by Gasteiger charge is -2.15. The summed E-state index contributed by atoms with van der Waals surface area (Å²) in [5.41, 5.74) is 8.61. The first kappa shape index (κ1) is 22.0. The van der Waals surface area contributed by atoms with E-state index in [0.717, 1.165) is 12.1 Å². The van der Waals surface area contributed by atoms with E-state index in [1.54, 1.807) is 32.4 Å². The van der Waals surface area contributed by atoms with Crippen LogP contribution in [0.2, 0.25) is 0 Å². The largest absolute Gasteiger partial charge is 0.497 e. The molecule has 0 heterocycles. The van der Waals surface area contributed by atoms with Gasteiger partial charge in [-0.05, 0) is 42.3 Å². The number of nitrogens with zero attached hydrogens (tertiary/aromatic N) is 1. The molecule has 0 bridgehead atoms. The van der Waals surface area contributed by atoms with Crippen molar-refractivity contribution in [3.63, 3.8) is 0 Å². The highest BCUT2D eigenvalue weighted by atomic mass is 127. The van der Waals surface area contributed by atoms with Crippen LogP contribution in [0.3, 0.4) is 0 Å². The summed E-state index contributed by atoms with van der Waals surface area (Å²) in [5, 5.41) is 13.4. The molecular weight excluding hydrogens is 445 g/mol. The number of benzene rings is 2. The van der Waals surface area contributed by atoms with Gasteiger partial charge in [-0.1, -0.05) is 19.1 Å². The fourth-order valence-electron chi connectivity index (χ4n) is 2.39. The zero-order chi connectivity index (χ0) is 18.2. The van der Waals surface area contributed by atoms with Crippen molar-refractivity contribution in [1.82, 2.24) is 0 Å². The molecule has 0 aliphatic carbocycles. The van der Waals surface area contributed by atoms with E-state index in [4.69, 9.17) is 15.2 Å². The minimum Gasteiger partial charge on any atom is -0.497 e. The van der Waals surface area contributed by atoms with Crippen LogP contribution in [0, 0.1) is 0 Å². The van der Waals surface area contributed by atoms with E-state index in [0.29, 0.717) is 17.1 Å². The van der Waals surface area contributed by atoms with Gasteiger partial charge in [0.15, 0.2) is 5.96 Å². The molecule has 6 nitrogen and oxygen atoms in total. The van der Waals surface area contributed by atoms with Crippen molar-refractivity contribution in [3.8, 4) is 11.5 Å². The molecule has 2 aromatic carbocycles. The summed E-state index contributed by atoms with van der Waals surface area (Å²) in [7, 11) is 3.12. The van der Waals surface area contributed by atoms with E-state index in [9.17, 15) is 5.11 Å². The number of ether oxygens (including phenoxy) is 2. The number of guanidine groups is 1. The summed E-state index contributed by atoms with van der Waals surface area (Å²) in [5.74, 6) is 1.45. The van der Waals surface area contributed by atoms with Gasteiger partial charge in [0, 0.05) is 11.3 Å². The Labute approximate surface area is 171 Å². The highest BCUT2D eigenvalue weighted by Gasteiger charge is 2.14. The molecule has 0 fully saturated rings. The van der Waals surface area contributed by atoms with Crippen LogP contribution in [0.25, 0.3) is 0 Å². The zero-order valence-electron chi connectivity index (χ0n) is 15.2. The van der Waals surface area contributed by atoms with Gasteiger partial charge >= 0.3 is 0 Å². The van der Waals surface area contributed by atoms with Gasteiger partial charge in [-0.15, -0.1) is 24.0 Å². The number of halogens is 1. The molecule has 2 rings (SSSR count). The van der Waals surface area contributed by atoms with Crippen molar-refractivity contribution in [1.29, 1.82) is 0 Å². The Kier molecular flexibility index (Phi) is 9.22. The second-order valence-electron chi connectivity index (χ2n) is 5.53. The minimum absolute atomic E-state index is 0. The van der Waals surface area contributed by atoms with E-state index in [-0.39, 0.29) is 36.5 Å². The van der Waals surface area contributed by atoms with Crippen LogP contribution in [0.4, 0.5) is 5.69 Å². The molecule has 26 heavy (non-hydrogen) atoms. The van der Waals surface area contributed by atoms with E-state index in [1.165, 1.54) is 5.56 Å². The first-order valence-corrected chi connectivity index (χ1v) is 8.13. The number of nitrogens with two attached hydrogens (primary N) is 1. The van der Waals surface area contributed by atoms with Gasteiger partial charge in [-0.3, -0.25) is 4.99 Å². The van der Waals surface area contributed by atoms with Crippen molar-refractivity contribution in [2.75, 3.05) is 26.1 Å². The van der Waals surface area contributed by atoms with Crippen molar-refractivity contribution < 1.29 is 14.6 Å². The van der Waals surface area contributed by atoms with Crippen molar-refractivity contribution in [2.45, 2.75) is 19.4 Å². The maximum atomic E-state index is 10.4. The van der Waals surface area contributed by atoms with Crippen LogP contribution in [0.15, 0.2) is 47.5 Å². The Morgan fingerprint density at radius 1 is 1.15 bits per heavy atom. The molecule has 7 heteroatoms. The normalized spacial score (nSPS) is 12.1. The molecule has 0 spiro atoms. The number of anilines is 1. The van der Waals surface area contributed by atoms with Gasteiger partial charge in [-0.25, -0.2) is 0 Å². The topological polar surface area (TPSA) is 89.1 Å². The van der Waals surface area contributed by atoms with Crippen molar-refractivity contribution in [2.24, 2.45) is 10.7 Å². The van der Waals surface area contributed by atoms with Gasteiger partial charge in [0.05, 0.1) is 20.8 Å². The van der Waals surface area contributed by atoms with Crippen molar-refractivity contribution in [3.05, 3.63) is 53.6 Å². The number of rotatable bonds is 7. The SMILES string of the molecule is CCc1ccc(NC(N)=NCC(O)c2cc(OC)ccc2OC)cc1.I. The monoisotopic (exact) mass is 471 g/mol. The van der Waals surface area contributed by atoms with E-state index < -0.39 is 6.10 Å². The maximum Gasteiger partial charge on any atom is 0.193 e. The minimum atomic E-state index is -0.854. The lowest BCUT2D eigenvalue weighted by Crippen LogP contribution is -2.23. The molecule has 0 amide bonds. The predicted octanol–water partition coefficient (Wildman–Crippen LogP) is 3.34. The Morgan fingerprint density at radius 2 is 1.85 bits per heavy atom. The van der Waals surface area contributed by atoms with Gasteiger partial charge in [0.2, 0.25) is 0 Å². The summed E-state index contributed by atoms with van der Waals surface area (Å²) >= 11 is 0. The number of aliphatic hydroxyl groups excluding tert-OH is 1. The third-order valence-corrected chi connectivity index (χ3v) is 3.87. The summed E-state index contributed by atoms with van der Waals surface area (Å²) < 4.78 is 10.5. The van der Waals surface area contributed by atoms with Gasteiger partial charge < -0.3 is 25.6 Å². The van der Waals surface area contributed by atoms with Gasteiger partial charge in [0.25, 0.3) is 0 Å². The van der Waals surface area contributed by atoms with Crippen molar-refractivity contribution >= 4 is 35.6 Å². The Morgan fingerprint density at radius 3 is 2.42 bits per heavy atom. The van der Waals surface area contributed by atoms with Gasteiger partial charge in [0.1, 0.15) is 17.6 Å². The summed E-state index contributed by atoms with van der Waals surface area (Å²) in [4.78, 5) is 4.21. The number of hydrogen-bond acceptors (Lipinski definition) is 4. The van der Waals surface area contributed by atoms with Crippen LogP contribution in [-0.4, -0.2) is 31.8 Å². The summed E-state index contributed by atoms with van der Waals surface area (Å²) in [6.07, 6.45) is 0.131. The first-order chi connectivity index (χ1) is 12.1. The molecule has 0 aliphatic heterocycles. The smallest absolute Gasteiger partial charge is 0.193 e. The molecule has 0 aliphatic rings. The first-order valence-electron chi connectivity index (χ1n) is 8.13. The number of aryl methyl sites for hydroxylation is 1. The lowest BCUT2D eigenvalue weighted by atomic mass is 10.1. The van der Waals surface area contributed by atoms with Crippen LogP contribution in [0.5, 0.6) is 11.5 Å². The maximum absolute atomic E-state index is 10.4. The predicted molar refractivity (Wildman–Crippen MR) is 116 cm³/mol. The molecule has 4 N–H and O–H groups in total. The highest BCUT2D eigenvalue weighted by molar-refractivity contribution is 14.0.